The second kappa shape index (κ2) is 5.79. The summed E-state index contributed by atoms with van der Waals surface area (Å²) in [6, 6.07) is 14.9. The number of methoxy groups -OCH3 is 1. The van der Waals surface area contributed by atoms with Gasteiger partial charge >= 0.3 is 5.97 Å². The minimum atomic E-state index is -0.309. The van der Waals surface area contributed by atoms with E-state index < -0.39 is 0 Å². The SMILES string of the molecule is COC(=O)c1cc2c(Sc3ccc(O)cc3)cccc2s1. The second-order valence-corrected chi connectivity index (χ2v) is 6.57. The zero-order valence-electron chi connectivity index (χ0n) is 11.2. The van der Waals surface area contributed by atoms with Crippen LogP contribution in [-0.4, -0.2) is 18.2 Å². The number of carbonyl (C=O) groups is 1. The third-order valence-electron chi connectivity index (χ3n) is 2.97. The first-order valence-electron chi connectivity index (χ1n) is 6.25. The van der Waals surface area contributed by atoms with Crippen molar-refractivity contribution < 1.29 is 14.6 Å². The van der Waals surface area contributed by atoms with Crippen LogP contribution >= 0.6 is 23.1 Å². The van der Waals surface area contributed by atoms with Gasteiger partial charge in [-0.05, 0) is 42.5 Å². The molecule has 2 aromatic carbocycles. The van der Waals surface area contributed by atoms with Crippen molar-refractivity contribution in [2.24, 2.45) is 0 Å². The molecule has 0 radical (unpaired) electrons. The fraction of sp³-hybridized carbons (Fsp3) is 0.0625. The van der Waals surface area contributed by atoms with Crippen molar-refractivity contribution in [3.8, 4) is 5.75 Å². The number of phenols is 1. The van der Waals surface area contributed by atoms with Gasteiger partial charge in [-0.25, -0.2) is 4.79 Å². The maximum Gasteiger partial charge on any atom is 0.348 e. The van der Waals surface area contributed by atoms with Gasteiger partial charge in [0.15, 0.2) is 0 Å². The van der Waals surface area contributed by atoms with E-state index in [9.17, 15) is 9.90 Å². The third-order valence-corrected chi connectivity index (χ3v) is 5.14. The summed E-state index contributed by atoms with van der Waals surface area (Å²) in [4.78, 5) is 14.4. The molecule has 0 spiro atoms. The van der Waals surface area contributed by atoms with Crippen LogP contribution in [0.2, 0.25) is 0 Å². The highest BCUT2D eigenvalue weighted by Gasteiger charge is 2.13. The van der Waals surface area contributed by atoms with Gasteiger partial charge < -0.3 is 9.84 Å². The van der Waals surface area contributed by atoms with Gasteiger partial charge in [-0.3, -0.25) is 0 Å². The molecular formula is C16H12O3S2. The first kappa shape index (κ1) is 14.0. The van der Waals surface area contributed by atoms with Crippen LogP contribution in [0.1, 0.15) is 9.67 Å². The Morgan fingerprint density at radius 1 is 1.19 bits per heavy atom. The Labute approximate surface area is 130 Å². The molecule has 3 nitrogen and oxygen atoms in total. The summed E-state index contributed by atoms with van der Waals surface area (Å²) < 4.78 is 5.83. The van der Waals surface area contributed by atoms with E-state index in [4.69, 9.17) is 4.74 Å². The third kappa shape index (κ3) is 2.89. The lowest BCUT2D eigenvalue weighted by atomic mass is 10.2. The van der Waals surface area contributed by atoms with E-state index in [1.54, 1.807) is 23.9 Å². The smallest absolute Gasteiger partial charge is 0.348 e. The lowest BCUT2D eigenvalue weighted by molar-refractivity contribution is 0.0606. The van der Waals surface area contributed by atoms with Crippen LogP contribution in [0.15, 0.2) is 58.3 Å². The van der Waals surface area contributed by atoms with Crippen molar-refractivity contribution in [3.05, 3.63) is 53.4 Å². The summed E-state index contributed by atoms with van der Waals surface area (Å²) in [5.74, 6) is -0.0575. The van der Waals surface area contributed by atoms with Gasteiger partial charge in [0.2, 0.25) is 0 Å². The van der Waals surface area contributed by atoms with Gasteiger partial charge in [0.25, 0.3) is 0 Å². The summed E-state index contributed by atoms with van der Waals surface area (Å²) in [6.45, 7) is 0. The minimum Gasteiger partial charge on any atom is -0.508 e. The van der Waals surface area contributed by atoms with E-state index in [0.717, 1.165) is 19.9 Å². The fourth-order valence-corrected chi connectivity index (χ4v) is 3.99. The lowest BCUT2D eigenvalue weighted by Gasteiger charge is -2.03. The predicted molar refractivity (Wildman–Crippen MR) is 85.4 cm³/mol. The maximum atomic E-state index is 11.6. The molecule has 0 aliphatic carbocycles. The first-order chi connectivity index (χ1) is 10.2. The molecule has 0 aliphatic heterocycles. The Bertz CT molecular complexity index is 791. The number of hydrogen-bond donors (Lipinski definition) is 1. The summed E-state index contributed by atoms with van der Waals surface area (Å²) in [6.07, 6.45) is 0. The summed E-state index contributed by atoms with van der Waals surface area (Å²) in [5.41, 5.74) is 0. The number of ether oxygens (including phenoxy) is 1. The van der Waals surface area contributed by atoms with E-state index in [0.29, 0.717) is 4.88 Å². The largest absolute Gasteiger partial charge is 0.508 e. The van der Waals surface area contributed by atoms with Crippen LogP contribution in [-0.2, 0) is 4.74 Å². The molecule has 0 bridgehead atoms. The van der Waals surface area contributed by atoms with Crippen molar-refractivity contribution in [1.29, 1.82) is 0 Å². The Morgan fingerprint density at radius 3 is 2.67 bits per heavy atom. The van der Waals surface area contributed by atoms with Gasteiger partial charge in [-0.15, -0.1) is 11.3 Å². The lowest BCUT2D eigenvalue weighted by Crippen LogP contribution is -1.96. The van der Waals surface area contributed by atoms with Gasteiger partial charge in [0.05, 0.1) is 7.11 Å². The van der Waals surface area contributed by atoms with Gasteiger partial charge in [-0.2, -0.15) is 0 Å². The van der Waals surface area contributed by atoms with Gasteiger partial charge in [0, 0.05) is 19.9 Å². The Morgan fingerprint density at radius 2 is 1.95 bits per heavy atom. The molecule has 0 amide bonds. The van der Waals surface area contributed by atoms with Crippen LogP contribution < -0.4 is 0 Å². The van der Waals surface area contributed by atoms with Crippen LogP contribution in [0.25, 0.3) is 10.1 Å². The fourth-order valence-electron chi connectivity index (χ4n) is 1.97. The molecule has 0 aliphatic rings. The van der Waals surface area contributed by atoms with Crippen molar-refractivity contribution in [2.45, 2.75) is 9.79 Å². The Hall–Kier alpha value is -1.98. The number of fused-ring (bicyclic) bond motifs is 1. The zero-order chi connectivity index (χ0) is 14.8. The number of phenolic OH excluding ortho intramolecular Hbond substituents is 1. The molecular weight excluding hydrogens is 304 g/mol. The number of benzene rings is 2. The van der Waals surface area contributed by atoms with Crippen molar-refractivity contribution >= 4 is 39.2 Å². The van der Waals surface area contributed by atoms with Gasteiger partial charge in [-0.1, -0.05) is 17.8 Å². The zero-order valence-corrected chi connectivity index (χ0v) is 12.8. The van der Waals surface area contributed by atoms with Gasteiger partial charge in [0.1, 0.15) is 10.6 Å². The highest BCUT2D eigenvalue weighted by atomic mass is 32.2. The monoisotopic (exact) mass is 316 g/mol. The molecule has 1 aromatic heterocycles. The minimum absolute atomic E-state index is 0.251. The van der Waals surface area contributed by atoms with E-state index in [1.165, 1.54) is 18.4 Å². The average Bonchev–Trinajstić information content (AvgIpc) is 2.94. The molecule has 0 unspecified atom stereocenters. The van der Waals surface area contributed by atoms with E-state index >= 15 is 0 Å². The molecule has 0 fully saturated rings. The molecule has 5 heteroatoms. The summed E-state index contributed by atoms with van der Waals surface area (Å²) >= 11 is 3.03. The quantitative estimate of drug-likeness (QED) is 0.720. The van der Waals surface area contributed by atoms with E-state index in [2.05, 4.69) is 0 Å². The molecule has 1 heterocycles. The molecule has 106 valence electrons. The van der Waals surface area contributed by atoms with Crippen LogP contribution in [0, 0.1) is 0 Å². The highest BCUT2D eigenvalue weighted by molar-refractivity contribution is 7.99. The molecule has 3 rings (SSSR count). The maximum absolute atomic E-state index is 11.6. The van der Waals surface area contributed by atoms with Crippen LogP contribution in [0.4, 0.5) is 0 Å². The number of rotatable bonds is 3. The molecule has 0 saturated carbocycles. The molecule has 1 N–H and O–H groups in total. The van der Waals surface area contributed by atoms with Crippen molar-refractivity contribution in [1.82, 2.24) is 0 Å². The van der Waals surface area contributed by atoms with Crippen molar-refractivity contribution in [2.75, 3.05) is 7.11 Å². The number of esters is 1. The molecule has 0 atom stereocenters. The molecule has 21 heavy (non-hydrogen) atoms. The highest BCUT2D eigenvalue weighted by Crippen LogP contribution is 2.37. The normalized spacial score (nSPS) is 10.7. The Balaban J connectivity index is 2.00. The van der Waals surface area contributed by atoms with E-state index in [-0.39, 0.29) is 11.7 Å². The van der Waals surface area contributed by atoms with Crippen LogP contribution in [0.5, 0.6) is 5.75 Å². The molecule has 3 aromatic rings. The predicted octanol–water partition coefficient (Wildman–Crippen LogP) is 4.54. The number of thiophene rings is 1. The van der Waals surface area contributed by atoms with Crippen molar-refractivity contribution in [3.63, 3.8) is 0 Å². The Kier molecular flexibility index (Phi) is 3.86. The van der Waals surface area contributed by atoms with E-state index in [1.807, 2.05) is 36.4 Å². The molecule has 0 saturated heterocycles. The average molecular weight is 316 g/mol. The number of hydrogen-bond acceptors (Lipinski definition) is 5. The topological polar surface area (TPSA) is 46.5 Å². The number of aromatic hydroxyl groups is 1. The standard InChI is InChI=1S/C16H12O3S2/c1-19-16(18)15-9-12-13(3-2-4-14(12)21-15)20-11-7-5-10(17)6-8-11/h2-9,17H,1H3. The number of carbonyl (C=O) groups excluding carboxylic acids is 1. The summed E-state index contributed by atoms with van der Waals surface area (Å²) in [5, 5.41) is 10.4. The second-order valence-electron chi connectivity index (χ2n) is 4.37. The van der Waals surface area contributed by atoms with Crippen LogP contribution in [0.3, 0.4) is 0 Å². The summed E-state index contributed by atoms with van der Waals surface area (Å²) in [7, 11) is 1.39. The first-order valence-corrected chi connectivity index (χ1v) is 7.88.